The standard InChI is InChI=1S/C25H29ClN2O3S/c1-2-31-22-14-12-21(13-15-22)28-23(29)16-32-17-25(28,18-8-10-19(26)11-9-18)24(30)27-20-6-4-3-5-7-20/h8-15,20H,2-7,16-17H2,1H3,(H,27,30)/t25-/m1/s1. The van der Waals surface area contributed by atoms with E-state index in [2.05, 4.69) is 5.32 Å². The van der Waals surface area contributed by atoms with Gasteiger partial charge in [-0.15, -0.1) is 11.8 Å². The van der Waals surface area contributed by atoms with Crippen LogP contribution in [0.1, 0.15) is 44.6 Å². The number of carbonyl (C=O) groups excluding carboxylic acids is 2. The molecule has 1 saturated heterocycles. The molecule has 0 unspecified atom stereocenters. The van der Waals surface area contributed by atoms with E-state index in [1.165, 1.54) is 18.2 Å². The van der Waals surface area contributed by atoms with Crippen molar-refractivity contribution in [3.8, 4) is 5.75 Å². The summed E-state index contributed by atoms with van der Waals surface area (Å²) in [6.07, 6.45) is 5.41. The van der Waals surface area contributed by atoms with Gasteiger partial charge in [-0.05, 0) is 61.7 Å². The Morgan fingerprint density at radius 3 is 2.47 bits per heavy atom. The minimum atomic E-state index is -1.14. The molecule has 1 heterocycles. The van der Waals surface area contributed by atoms with E-state index in [1.54, 1.807) is 17.0 Å². The minimum absolute atomic E-state index is 0.0841. The molecule has 2 amide bonds. The van der Waals surface area contributed by atoms with Crippen molar-refractivity contribution in [2.75, 3.05) is 23.0 Å². The van der Waals surface area contributed by atoms with Gasteiger partial charge in [-0.1, -0.05) is 43.0 Å². The average molecular weight is 473 g/mol. The van der Waals surface area contributed by atoms with Crippen LogP contribution in [0, 0.1) is 0 Å². The summed E-state index contributed by atoms with van der Waals surface area (Å²) in [5.74, 6) is 1.34. The molecule has 0 bridgehead atoms. The van der Waals surface area contributed by atoms with Crippen molar-refractivity contribution in [1.82, 2.24) is 5.32 Å². The van der Waals surface area contributed by atoms with Crippen LogP contribution in [-0.2, 0) is 15.1 Å². The molecule has 170 valence electrons. The Morgan fingerprint density at radius 2 is 1.81 bits per heavy atom. The van der Waals surface area contributed by atoms with Crippen LogP contribution in [-0.4, -0.2) is 36.0 Å². The Balaban J connectivity index is 1.78. The number of carbonyl (C=O) groups is 2. The molecule has 2 aromatic rings. The Labute approximate surface area is 198 Å². The maximum Gasteiger partial charge on any atom is 0.252 e. The zero-order valence-electron chi connectivity index (χ0n) is 18.3. The Kier molecular flexibility index (Phi) is 7.31. The molecular weight excluding hydrogens is 444 g/mol. The van der Waals surface area contributed by atoms with Crippen molar-refractivity contribution in [3.63, 3.8) is 0 Å². The van der Waals surface area contributed by atoms with Crippen LogP contribution >= 0.6 is 23.4 Å². The van der Waals surface area contributed by atoms with E-state index in [1.807, 2.05) is 43.3 Å². The summed E-state index contributed by atoms with van der Waals surface area (Å²) in [6, 6.07) is 14.9. The third kappa shape index (κ3) is 4.62. The fraction of sp³-hybridized carbons (Fsp3) is 0.440. The molecule has 1 atom stereocenters. The molecule has 1 N–H and O–H groups in total. The number of hydrogen-bond acceptors (Lipinski definition) is 4. The summed E-state index contributed by atoms with van der Waals surface area (Å²) in [4.78, 5) is 29.0. The van der Waals surface area contributed by atoms with E-state index in [9.17, 15) is 9.59 Å². The van der Waals surface area contributed by atoms with Crippen LogP contribution in [0.5, 0.6) is 5.75 Å². The first kappa shape index (κ1) is 23.0. The third-order valence-electron chi connectivity index (χ3n) is 6.21. The second-order valence-corrected chi connectivity index (χ2v) is 9.75. The first-order valence-corrected chi connectivity index (χ1v) is 12.8. The van der Waals surface area contributed by atoms with Crippen LogP contribution in [0.25, 0.3) is 0 Å². The van der Waals surface area contributed by atoms with E-state index < -0.39 is 5.54 Å². The molecule has 1 aliphatic heterocycles. The second-order valence-electron chi connectivity index (χ2n) is 8.32. The summed E-state index contributed by atoms with van der Waals surface area (Å²) < 4.78 is 5.57. The van der Waals surface area contributed by atoms with Crippen molar-refractivity contribution in [2.24, 2.45) is 0 Å². The number of rotatable bonds is 6. The summed E-state index contributed by atoms with van der Waals surface area (Å²) in [5.41, 5.74) is 0.312. The van der Waals surface area contributed by atoms with Crippen LogP contribution < -0.4 is 15.0 Å². The van der Waals surface area contributed by atoms with E-state index >= 15 is 0 Å². The lowest BCUT2D eigenvalue weighted by Gasteiger charge is -2.46. The van der Waals surface area contributed by atoms with Gasteiger partial charge in [-0.25, -0.2) is 0 Å². The van der Waals surface area contributed by atoms with Gasteiger partial charge < -0.3 is 10.1 Å². The van der Waals surface area contributed by atoms with Crippen molar-refractivity contribution in [3.05, 3.63) is 59.1 Å². The topological polar surface area (TPSA) is 58.6 Å². The number of amides is 2. The Bertz CT molecular complexity index is 945. The van der Waals surface area contributed by atoms with E-state index in [-0.39, 0.29) is 17.9 Å². The van der Waals surface area contributed by atoms with Gasteiger partial charge in [0.2, 0.25) is 5.91 Å². The zero-order chi connectivity index (χ0) is 22.6. The Morgan fingerprint density at radius 1 is 1.12 bits per heavy atom. The molecule has 0 radical (unpaired) electrons. The van der Waals surface area contributed by atoms with E-state index in [4.69, 9.17) is 16.3 Å². The van der Waals surface area contributed by atoms with Gasteiger partial charge in [0.1, 0.15) is 5.75 Å². The predicted molar refractivity (Wildman–Crippen MR) is 131 cm³/mol. The first-order valence-electron chi connectivity index (χ1n) is 11.3. The highest BCUT2D eigenvalue weighted by Crippen LogP contribution is 2.41. The largest absolute Gasteiger partial charge is 0.494 e. The predicted octanol–water partition coefficient (Wildman–Crippen LogP) is 5.16. The highest BCUT2D eigenvalue weighted by atomic mass is 35.5. The summed E-state index contributed by atoms with van der Waals surface area (Å²) in [6.45, 7) is 2.50. The number of benzene rings is 2. The molecule has 2 fully saturated rings. The van der Waals surface area contributed by atoms with Crippen molar-refractivity contribution in [2.45, 2.75) is 50.6 Å². The lowest BCUT2D eigenvalue weighted by molar-refractivity contribution is -0.130. The molecule has 1 saturated carbocycles. The molecule has 32 heavy (non-hydrogen) atoms. The molecule has 1 aliphatic carbocycles. The van der Waals surface area contributed by atoms with Crippen LogP contribution in [0.2, 0.25) is 5.02 Å². The smallest absolute Gasteiger partial charge is 0.252 e. The monoisotopic (exact) mass is 472 g/mol. The molecule has 7 heteroatoms. The van der Waals surface area contributed by atoms with Crippen molar-refractivity contribution < 1.29 is 14.3 Å². The maximum atomic E-state index is 14.0. The summed E-state index contributed by atoms with van der Waals surface area (Å²) >= 11 is 7.66. The molecule has 2 aliphatic rings. The fourth-order valence-electron chi connectivity index (χ4n) is 4.64. The normalized spacial score (nSPS) is 21.9. The average Bonchev–Trinajstić information content (AvgIpc) is 2.81. The van der Waals surface area contributed by atoms with Gasteiger partial charge >= 0.3 is 0 Å². The van der Waals surface area contributed by atoms with Crippen LogP contribution in [0.15, 0.2) is 48.5 Å². The van der Waals surface area contributed by atoms with Gasteiger partial charge in [0.15, 0.2) is 5.54 Å². The van der Waals surface area contributed by atoms with Gasteiger partial charge in [0.05, 0.1) is 12.4 Å². The van der Waals surface area contributed by atoms with Crippen molar-refractivity contribution in [1.29, 1.82) is 0 Å². The molecule has 0 spiro atoms. The first-order chi connectivity index (χ1) is 15.5. The number of hydrogen-bond donors (Lipinski definition) is 1. The number of nitrogens with zero attached hydrogens (tertiary/aromatic N) is 1. The molecule has 0 aromatic heterocycles. The number of nitrogens with one attached hydrogen (secondary N) is 1. The van der Waals surface area contributed by atoms with Gasteiger partial charge in [0.25, 0.3) is 5.91 Å². The lowest BCUT2D eigenvalue weighted by atomic mass is 9.86. The summed E-state index contributed by atoms with van der Waals surface area (Å²) in [7, 11) is 0. The molecule has 2 aromatic carbocycles. The van der Waals surface area contributed by atoms with Gasteiger partial charge in [-0.3, -0.25) is 14.5 Å². The van der Waals surface area contributed by atoms with E-state index in [0.717, 1.165) is 37.0 Å². The number of halogens is 1. The number of anilines is 1. The zero-order valence-corrected chi connectivity index (χ0v) is 19.9. The van der Waals surface area contributed by atoms with Crippen LogP contribution in [0.4, 0.5) is 5.69 Å². The maximum absolute atomic E-state index is 14.0. The summed E-state index contributed by atoms with van der Waals surface area (Å²) in [5, 5.41) is 3.89. The fourth-order valence-corrected chi connectivity index (χ4v) is 5.89. The van der Waals surface area contributed by atoms with Gasteiger partial charge in [-0.2, -0.15) is 0 Å². The molecule has 4 rings (SSSR count). The third-order valence-corrected chi connectivity index (χ3v) is 7.54. The molecular formula is C25H29ClN2O3S. The number of thioether (sulfide) groups is 1. The highest BCUT2D eigenvalue weighted by molar-refractivity contribution is 8.00. The second kappa shape index (κ2) is 10.2. The highest BCUT2D eigenvalue weighted by Gasteiger charge is 2.51. The Hall–Kier alpha value is -2.18. The minimum Gasteiger partial charge on any atom is -0.494 e. The SMILES string of the molecule is CCOc1ccc(N2C(=O)CSC[C@]2(C(=O)NC2CCCCC2)c2ccc(Cl)cc2)cc1. The van der Waals surface area contributed by atoms with Crippen molar-refractivity contribution >= 4 is 40.9 Å². The lowest BCUT2D eigenvalue weighted by Crippen LogP contribution is -2.64. The number of ether oxygens (including phenoxy) is 1. The van der Waals surface area contributed by atoms with Crippen LogP contribution in [0.3, 0.4) is 0 Å². The quantitative estimate of drug-likeness (QED) is 0.630. The van der Waals surface area contributed by atoms with Gasteiger partial charge in [0, 0.05) is 22.5 Å². The molecule has 5 nitrogen and oxygen atoms in total. The van der Waals surface area contributed by atoms with E-state index in [0.29, 0.717) is 28.8 Å².